The Morgan fingerprint density at radius 2 is 2.36 bits per heavy atom. The number of carboxylic acids is 1. The van der Waals surface area contributed by atoms with Gasteiger partial charge in [-0.1, -0.05) is 0 Å². The van der Waals surface area contributed by atoms with Gasteiger partial charge >= 0.3 is 5.97 Å². The van der Waals surface area contributed by atoms with Crippen LogP contribution >= 0.6 is 11.8 Å². The van der Waals surface area contributed by atoms with E-state index >= 15 is 0 Å². The summed E-state index contributed by atoms with van der Waals surface area (Å²) in [5.41, 5.74) is 5.20. The van der Waals surface area contributed by atoms with E-state index in [4.69, 9.17) is 10.8 Å². The van der Waals surface area contributed by atoms with E-state index in [2.05, 4.69) is 0 Å². The maximum Gasteiger partial charge on any atom is 0.320 e. The summed E-state index contributed by atoms with van der Waals surface area (Å²) < 4.78 is 0. The number of aliphatic carboxylic acids is 1. The van der Waals surface area contributed by atoms with Gasteiger partial charge in [-0.25, -0.2) is 0 Å². The molecule has 0 radical (unpaired) electrons. The fourth-order valence-electron chi connectivity index (χ4n) is 0.465. The third kappa shape index (κ3) is 5.87. The van der Waals surface area contributed by atoms with Gasteiger partial charge in [-0.2, -0.15) is 11.8 Å². The molecule has 0 amide bonds. The van der Waals surface area contributed by atoms with Crippen molar-refractivity contribution in [1.82, 2.24) is 0 Å². The molecule has 0 fully saturated rings. The minimum absolute atomic E-state index is 0.409. The Morgan fingerprint density at radius 3 is 2.82 bits per heavy atom. The second-order valence-corrected chi connectivity index (χ2v) is 3.12. The van der Waals surface area contributed by atoms with Crippen molar-refractivity contribution in [2.45, 2.75) is 12.5 Å². The molecule has 1 atom stereocenters. The van der Waals surface area contributed by atoms with Crippen LogP contribution in [0.2, 0.25) is 0 Å². The van der Waals surface area contributed by atoms with Crippen LogP contribution in [0.3, 0.4) is 0 Å². The van der Waals surface area contributed by atoms with Gasteiger partial charge < -0.3 is 15.6 Å². The molecule has 0 aromatic rings. The first kappa shape index (κ1) is 10.4. The summed E-state index contributed by atoms with van der Waals surface area (Å²) in [7, 11) is 0. The van der Waals surface area contributed by atoms with Crippen molar-refractivity contribution >= 4 is 24.0 Å². The van der Waals surface area contributed by atoms with Gasteiger partial charge in [0, 0.05) is 5.75 Å². The highest BCUT2D eigenvalue weighted by atomic mass is 32.2. The molecule has 0 aliphatic rings. The number of hydrogen-bond donors (Lipinski definition) is 2. The fraction of sp³-hybridized carbons (Fsp3) is 0.667. The van der Waals surface area contributed by atoms with Crippen molar-refractivity contribution in [3.8, 4) is 0 Å². The van der Waals surface area contributed by atoms with Gasteiger partial charge in [0.15, 0.2) is 0 Å². The van der Waals surface area contributed by atoms with Crippen LogP contribution in [-0.2, 0) is 9.59 Å². The Morgan fingerprint density at radius 1 is 1.73 bits per heavy atom. The molecule has 0 aliphatic carbocycles. The van der Waals surface area contributed by atoms with Gasteiger partial charge in [0.1, 0.15) is 12.3 Å². The minimum atomic E-state index is -0.989. The van der Waals surface area contributed by atoms with Crippen LogP contribution in [0.5, 0.6) is 0 Å². The first-order chi connectivity index (χ1) is 5.18. The van der Waals surface area contributed by atoms with Crippen molar-refractivity contribution in [1.29, 1.82) is 0 Å². The van der Waals surface area contributed by atoms with Gasteiger partial charge in [-0.3, -0.25) is 4.79 Å². The largest absolute Gasteiger partial charge is 0.480 e. The lowest BCUT2D eigenvalue weighted by Gasteiger charge is -2.03. The van der Waals surface area contributed by atoms with Gasteiger partial charge in [-0.15, -0.1) is 0 Å². The zero-order valence-corrected chi connectivity index (χ0v) is 6.84. The van der Waals surface area contributed by atoms with E-state index in [1.165, 1.54) is 11.8 Å². The summed E-state index contributed by atoms with van der Waals surface area (Å²) in [4.78, 5) is 20.0. The summed E-state index contributed by atoms with van der Waals surface area (Å²) in [5, 5.41) is 8.33. The monoisotopic (exact) mass is 177 g/mol. The van der Waals surface area contributed by atoms with E-state index < -0.39 is 12.0 Å². The zero-order valence-electron chi connectivity index (χ0n) is 6.03. The van der Waals surface area contributed by atoms with Crippen LogP contribution in [0, 0.1) is 0 Å². The quantitative estimate of drug-likeness (QED) is 0.431. The molecule has 64 valence electrons. The molecule has 0 rings (SSSR count). The lowest BCUT2D eigenvalue weighted by Crippen LogP contribution is -2.30. The molecule has 0 heterocycles. The number of carbonyl (C=O) groups is 2. The Balaban J connectivity index is 3.24. The third-order valence-corrected chi connectivity index (χ3v) is 1.97. The van der Waals surface area contributed by atoms with Crippen molar-refractivity contribution < 1.29 is 14.7 Å². The maximum absolute atomic E-state index is 10.2. The number of carboxylic acid groups (broad SMARTS) is 1. The Bertz CT molecular complexity index is 140. The molecule has 0 aromatic heterocycles. The highest BCUT2D eigenvalue weighted by Gasteiger charge is 2.09. The van der Waals surface area contributed by atoms with Crippen LogP contribution in [-0.4, -0.2) is 34.9 Å². The average molecular weight is 177 g/mol. The van der Waals surface area contributed by atoms with Crippen molar-refractivity contribution in [2.24, 2.45) is 5.73 Å². The van der Waals surface area contributed by atoms with Crippen LogP contribution in [0.4, 0.5) is 0 Å². The highest BCUT2D eigenvalue weighted by molar-refractivity contribution is 7.99. The molecule has 0 spiro atoms. The van der Waals surface area contributed by atoms with E-state index in [0.717, 1.165) is 6.29 Å². The molecule has 3 N–H and O–H groups in total. The SMILES string of the molecule is NC(CCSCC=O)C(=O)O. The predicted octanol–water partition coefficient (Wildman–Crippen LogP) is -0.280. The normalized spacial score (nSPS) is 12.5. The van der Waals surface area contributed by atoms with Crippen LogP contribution in [0.15, 0.2) is 0 Å². The van der Waals surface area contributed by atoms with Crippen molar-refractivity contribution in [2.75, 3.05) is 11.5 Å². The minimum Gasteiger partial charge on any atom is -0.480 e. The number of hydrogen-bond acceptors (Lipinski definition) is 4. The van der Waals surface area contributed by atoms with Crippen molar-refractivity contribution in [3.05, 3.63) is 0 Å². The lowest BCUT2D eigenvalue weighted by atomic mass is 10.2. The number of thioether (sulfide) groups is 1. The second kappa shape index (κ2) is 6.18. The third-order valence-electron chi connectivity index (χ3n) is 1.08. The lowest BCUT2D eigenvalue weighted by molar-refractivity contribution is -0.138. The summed E-state index contributed by atoms with van der Waals surface area (Å²) in [5.74, 6) is 0.0372. The molecule has 0 bridgehead atoms. The molecule has 4 nitrogen and oxygen atoms in total. The molecular weight excluding hydrogens is 166 g/mol. The van der Waals surface area contributed by atoms with E-state index in [9.17, 15) is 9.59 Å². The van der Waals surface area contributed by atoms with E-state index in [0.29, 0.717) is 17.9 Å². The molecule has 5 heteroatoms. The Kier molecular flexibility index (Phi) is 5.87. The first-order valence-corrected chi connectivity index (χ1v) is 4.33. The van der Waals surface area contributed by atoms with E-state index in [1.54, 1.807) is 0 Å². The first-order valence-electron chi connectivity index (χ1n) is 3.18. The van der Waals surface area contributed by atoms with Crippen LogP contribution in [0.25, 0.3) is 0 Å². The van der Waals surface area contributed by atoms with E-state index in [1.807, 2.05) is 0 Å². The van der Waals surface area contributed by atoms with E-state index in [-0.39, 0.29) is 0 Å². The number of carbonyl (C=O) groups excluding carboxylic acids is 1. The second-order valence-electron chi connectivity index (χ2n) is 1.97. The summed E-state index contributed by atoms with van der Waals surface area (Å²) >= 11 is 1.39. The van der Waals surface area contributed by atoms with Gasteiger partial charge in [0.25, 0.3) is 0 Å². The fourth-order valence-corrected chi connectivity index (χ4v) is 1.15. The standard InChI is InChI=1S/C6H11NO3S/c7-5(6(9)10)1-3-11-4-2-8/h2,5H,1,3-4,7H2,(H,9,10). The van der Waals surface area contributed by atoms with Gasteiger partial charge in [-0.05, 0) is 12.2 Å². The topological polar surface area (TPSA) is 80.4 Å². The summed E-state index contributed by atoms with van der Waals surface area (Å²) in [6.07, 6.45) is 1.20. The average Bonchev–Trinajstić information content (AvgIpc) is 1.97. The van der Waals surface area contributed by atoms with Gasteiger partial charge in [0.2, 0.25) is 0 Å². The number of nitrogens with two attached hydrogens (primary N) is 1. The number of aldehydes is 1. The Hall–Kier alpha value is -0.550. The predicted molar refractivity (Wildman–Crippen MR) is 43.6 cm³/mol. The van der Waals surface area contributed by atoms with Crippen molar-refractivity contribution in [3.63, 3.8) is 0 Å². The smallest absolute Gasteiger partial charge is 0.320 e. The summed E-state index contributed by atoms with van der Waals surface area (Å²) in [6.45, 7) is 0. The van der Waals surface area contributed by atoms with Crippen LogP contribution in [0.1, 0.15) is 6.42 Å². The Labute approximate surface area is 69.1 Å². The molecule has 11 heavy (non-hydrogen) atoms. The highest BCUT2D eigenvalue weighted by Crippen LogP contribution is 2.01. The molecule has 0 aliphatic heterocycles. The molecule has 0 saturated carbocycles. The molecule has 0 saturated heterocycles. The maximum atomic E-state index is 10.2. The van der Waals surface area contributed by atoms with Gasteiger partial charge in [0.05, 0.1) is 0 Å². The molecular formula is C6H11NO3S. The zero-order chi connectivity index (χ0) is 8.69. The van der Waals surface area contributed by atoms with Crippen LogP contribution < -0.4 is 5.73 Å². The summed E-state index contributed by atoms with van der Waals surface area (Å²) in [6, 6.07) is -0.797. The molecule has 1 unspecified atom stereocenters. The number of rotatable bonds is 6. The molecule has 0 aromatic carbocycles.